The average molecular weight is 561 g/mol. The van der Waals surface area contributed by atoms with Crippen LogP contribution in [0.2, 0.25) is 0 Å². The standard InChI is InChI=1S/C15H23FN2O3.C13H16N2S.C2H6/c1-14(2,3)11(17-13(21)15(16)6-7-15)12(20)18-8-4-5-10(18)9-19;1-9-6-11(4-5-12(9)7-14-3)13-10(2)15-8-16-13;1-2/h9-11H,4-8H2,1-3H3,(H,17,21);4-6,8,14H,7H2,1-3H3;1-2H3. The SMILES string of the molecule is CC.CC(C)(C)C(NC(=O)C1(F)CC1)C(=O)N1CCCC1C=O.CNCc1ccc(-c2scnc2C)cc1C. The zero-order valence-corrected chi connectivity index (χ0v) is 25.5. The number of likely N-dealkylation sites (tertiary alicyclic amines) is 1. The molecule has 2 atom stereocenters. The molecule has 2 heterocycles. The number of alkyl halides is 1. The summed E-state index contributed by atoms with van der Waals surface area (Å²) in [6.07, 6.45) is 2.61. The Morgan fingerprint density at radius 2 is 1.92 bits per heavy atom. The molecule has 2 fully saturated rings. The average Bonchev–Trinajstić information content (AvgIpc) is 3.28. The maximum atomic E-state index is 13.8. The number of thiazole rings is 1. The van der Waals surface area contributed by atoms with E-state index in [1.54, 1.807) is 11.3 Å². The number of carbonyl (C=O) groups excluding carboxylic acids is 3. The molecular formula is C30H45FN4O3S. The van der Waals surface area contributed by atoms with Crippen LogP contribution in [0.4, 0.5) is 4.39 Å². The van der Waals surface area contributed by atoms with E-state index in [9.17, 15) is 18.8 Å². The van der Waals surface area contributed by atoms with Gasteiger partial charge in [0.15, 0.2) is 5.67 Å². The number of halogens is 1. The second-order valence-electron chi connectivity index (χ2n) is 11.1. The largest absolute Gasteiger partial charge is 0.341 e. The molecule has 39 heavy (non-hydrogen) atoms. The smallest absolute Gasteiger partial charge is 0.258 e. The molecule has 2 aromatic rings. The first-order valence-corrected chi connectivity index (χ1v) is 14.7. The highest BCUT2D eigenvalue weighted by Gasteiger charge is 2.53. The molecule has 2 amide bonds. The summed E-state index contributed by atoms with van der Waals surface area (Å²) in [7, 11) is 1.97. The highest BCUT2D eigenvalue weighted by molar-refractivity contribution is 7.13. The molecule has 1 saturated carbocycles. The van der Waals surface area contributed by atoms with E-state index >= 15 is 0 Å². The Morgan fingerprint density at radius 1 is 1.26 bits per heavy atom. The van der Waals surface area contributed by atoms with Crippen molar-refractivity contribution in [2.24, 2.45) is 5.41 Å². The summed E-state index contributed by atoms with van der Waals surface area (Å²) in [5.41, 5.74) is 4.63. The molecule has 0 spiro atoms. The zero-order valence-electron chi connectivity index (χ0n) is 24.7. The number of amides is 2. The van der Waals surface area contributed by atoms with Gasteiger partial charge < -0.3 is 20.3 Å². The molecule has 1 aliphatic carbocycles. The fourth-order valence-electron chi connectivity index (χ4n) is 4.42. The quantitative estimate of drug-likeness (QED) is 0.444. The molecule has 1 aromatic carbocycles. The summed E-state index contributed by atoms with van der Waals surface area (Å²) in [6, 6.07) is 5.37. The van der Waals surface area contributed by atoms with Gasteiger partial charge in [0.25, 0.3) is 5.91 Å². The van der Waals surface area contributed by atoms with Crippen LogP contribution in [0.25, 0.3) is 10.4 Å². The van der Waals surface area contributed by atoms with Crippen LogP contribution in [-0.2, 0) is 20.9 Å². The van der Waals surface area contributed by atoms with E-state index in [4.69, 9.17) is 0 Å². The van der Waals surface area contributed by atoms with Crippen LogP contribution >= 0.6 is 11.3 Å². The van der Waals surface area contributed by atoms with Crippen molar-refractivity contribution >= 4 is 29.4 Å². The minimum atomic E-state index is -1.81. The number of nitrogens with zero attached hydrogens (tertiary/aromatic N) is 2. The van der Waals surface area contributed by atoms with Gasteiger partial charge in [-0.15, -0.1) is 11.3 Å². The highest BCUT2D eigenvalue weighted by Crippen LogP contribution is 2.40. The first-order valence-electron chi connectivity index (χ1n) is 13.8. The lowest BCUT2D eigenvalue weighted by Gasteiger charge is -2.35. The first-order chi connectivity index (χ1) is 18.4. The Hall–Kier alpha value is -2.65. The van der Waals surface area contributed by atoms with E-state index in [1.165, 1.54) is 26.5 Å². The van der Waals surface area contributed by atoms with Crippen molar-refractivity contribution in [1.82, 2.24) is 20.5 Å². The number of aldehydes is 1. The molecule has 216 valence electrons. The number of aryl methyl sites for hydroxylation is 2. The van der Waals surface area contributed by atoms with E-state index in [0.29, 0.717) is 13.0 Å². The molecule has 1 aromatic heterocycles. The first kappa shape index (κ1) is 32.6. The van der Waals surface area contributed by atoms with Crippen LogP contribution in [0.5, 0.6) is 0 Å². The predicted molar refractivity (Wildman–Crippen MR) is 156 cm³/mol. The van der Waals surface area contributed by atoms with E-state index in [1.807, 2.05) is 47.2 Å². The van der Waals surface area contributed by atoms with Crippen molar-refractivity contribution in [3.63, 3.8) is 0 Å². The van der Waals surface area contributed by atoms with Crippen molar-refractivity contribution in [3.8, 4) is 10.4 Å². The lowest BCUT2D eigenvalue weighted by molar-refractivity contribution is -0.142. The molecule has 1 aliphatic heterocycles. The molecule has 0 radical (unpaired) electrons. The fraction of sp³-hybridized carbons (Fsp3) is 0.600. The lowest BCUT2D eigenvalue weighted by Crippen LogP contribution is -2.57. The number of hydrogen-bond acceptors (Lipinski definition) is 6. The van der Waals surface area contributed by atoms with Crippen molar-refractivity contribution < 1.29 is 18.8 Å². The van der Waals surface area contributed by atoms with Gasteiger partial charge in [-0.25, -0.2) is 9.37 Å². The van der Waals surface area contributed by atoms with Gasteiger partial charge in [0.1, 0.15) is 12.3 Å². The normalized spacial score (nSPS) is 18.2. The number of benzene rings is 1. The highest BCUT2D eigenvalue weighted by atomic mass is 32.1. The maximum absolute atomic E-state index is 13.8. The second kappa shape index (κ2) is 14.1. The number of aromatic nitrogens is 1. The monoisotopic (exact) mass is 560 g/mol. The van der Waals surface area contributed by atoms with Gasteiger partial charge in [-0.3, -0.25) is 9.59 Å². The Morgan fingerprint density at radius 3 is 2.41 bits per heavy atom. The van der Waals surface area contributed by atoms with Gasteiger partial charge in [-0.2, -0.15) is 0 Å². The van der Waals surface area contributed by atoms with E-state index in [-0.39, 0.29) is 18.7 Å². The van der Waals surface area contributed by atoms with Crippen LogP contribution in [0.15, 0.2) is 23.7 Å². The van der Waals surface area contributed by atoms with Crippen LogP contribution in [0.1, 0.15) is 77.1 Å². The Labute approximate surface area is 237 Å². The summed E-state index contributed by atoms with van der Waals surface area (Å²) >= 11 is 1.70. The molecule has 2 unspecified atom stereocenters. The minimum absolute atomic E-state index is 0.213. The molecular weight excluding hydrogens is 515 g/mol. The second-order valence-corrected chi connectivity index (χ2v) is 11.9. The van der Waals surface area contributed by atoms with E-state index in [2.05, 4.69) is 47.7 Å². The van der Waals surface area contributed by atoms with Gasteiger partial charge in [-0.1, -0.05) is 52.8 Å². The van der Waals surface area contributed by atoms with Gasteiger partial charge in [0.2, 0.25) is 5.91 Å². The Bertz CT molecular complexity index is 1120. The number of nitrogens with one attached hydrogen (secondary N) is 2. The van der Waals surface area contributed by atoms with Crippen LogP contribution in [0, 0.1) is 19.3 Å². The minimum Gasteiger partial charge on any atom is -0.341 e. The molecule has 4 rings (SSSR count). The number of carbonyl (C=O) groups is 3. The summed E-state index contributed by atoms with van der Waals surface area (Å²) in [5.74, 6) is -1.01. The van der Waals surface area contributed by atoms with Gasteiger partial charge in [-0.05, 0) is 68.7 Å². The molecule has 1 saturated heterocycles. The molecule has 0 bridgehead atoms. The van der Waals surface area contributed by atoms with Crippen molar-refractivity contribution in [2.75, 3.05) is 13.6 Å². The van der Waals surface area contributed by atoms with Crippen molar-refractivity contribution in [3.05, 3.63) is 40.5 Å². The van der Waals surface area contributed by atoms with Crippen molar-refractivity contribution in [1.29, 1.82) is 0 Å². The van der Waals surface area contributed by atoms with Gasteiger partial charge >= 0.3 is 0 Å². The molecule has 7 nitrogen and oxygen atoms in total. The third-order valence-electron chi connectivity index (χ3n) is 6.94. The van der Waals surface area contributed by atoms with Gasteiger partial charge in [0.05, 0.1) is 22.1 Å². The lowest BCUT2D eigenvalue weighted by atomic mass is 9.85. The van der Waals surface area contributed by atoms with Crippen LogP contribution in [-0.4, -0.2) is 59.3 Å². The Balaban J connectivity index is 0.000000265. The topological polar surface area (TPSA) is 91.4 Å². The zero-order chi connectivity index (χ0) is 29.4. The molecule has 9 heteroatoms. The number of rotatable bonds is 7. The summed E-state index contributed by atoms with van der Waals surface area (Å²) in [4.78, 5) is 42.7. The summed E-state index contributed by atoms with van der Waals surface area (Å²) < 4.78 is 13.8. The third kappa shape index (κ3) is 8.42. The van der Waals surface area contributed by atoms with Gasteiger partial charge in [0, 0.05) is 13.1 Å². The van der Waals surface area contributed by atoms with Crippen molar-refractivity contribution in [2.45, 2.75) is 98.4 Å². The molecule has 2 aliphatic rings. The predicted octanol–water partition coefficient (Wildman–Crippen LogP) is 5.38. The summed E-state index contributed by atoms with van der Waals surface area (Å²) in [5, 5.41) is 5.74. The fourth-order valence-corrected chi connectivity index (χ4v) is 5.23. The number of hydrogen-bond donors (Lipinski definition) is 2. The van der Waals surface area contributed by atoms with Crippen LogP contribution < -0.4 is 10.6 Å². The maximum Gasteiger partial charge on any atom is 0.258 e. The summed E-state index contributed by atoms with van der Waals surface area (Å²) in [6.45, 7) is 15.1. The Kier molecular flexibility index (Phi) is 11.8. The van der Waals surface area contributed by atoms with E-state index in [0.717, 1.165) is 24.9 Å². The third-order valence-corrected chi connectivity index (χ3v) is 7.92. The molecule has 2 N–H and O–H groups in total. The van der Waals surface area contributed by atoms with E-state index < -0.39 is 29.1 Å². The van der Waals surface area contributed by atoms with Crippen LogP contribution in [0.3, 0.4) is 0 Å².